The fourth-order valence-corrected chi connectivity index (χ4v) is 3.55. The topological polar surface area (TPSA) is 216 Å². The van der Waals surface area contributed by atoms with Crippen LogP contribution >= 0.6 is 0 Å². The van der Waals surface area contributed by atoms with Gasteiger partial charge < -0.3 is 32.9 Å². The monoisotopic (exact) mass is 589 g/mol. The van der Waals surface area contributed by atoms with E-state index in [9.17, 15) is 27.6 Å². The van der Waals surface area contributed by atoms with E-state index >= 15 is 0 Å². The van der Waals surface area contributed by atoms with Crippen LogP contribution in [0.2, 0.25) is 0 Å². The molecule has 9 N–H and O–H groups in total. The first-order chi connectivity index (χ1) is 19.8. The van der Waals surface area contributed by atoms with Gasteiger partial charge in [0.05, 0.1) is 11.1 Å². The maximum absolute atomic E-state index is 13.1. The van der Waals surface area contributed by atoms with Gasteiger partial charge in [0.2, 0.25) is 11.8 Å². The number of alkyl halides is 3. The number of aliphatic carboxylic acids is 1. The molecule has 0 aliphatic heterocycles. The third kappa shape index (κ3) is 11.1. The number of primary amides is 1. The number of carboxylic acids is 1. The highest BCUT2D eigenvalue weighted by Crippen LogP contribution is 2.14. The van der Waals surface area contributed by atoms with E-state index in [0.717, 1.165) is 16.5 Å². The maximum Gasteiger partial charge on any atom is 0.490 e. The Kier molecular flexibility index (Phi) is 12.2. The number of hydrogen-bond acceptors (Lipinski definition) is 6. The normalized spacial score (nSPS) is 12.2. The van der Waals surface area contributed by atoms with Gasteiger partial charge in [-0.1, -0.05) is 48.5 Å². The molecule has 0 saturated carbocycles. The van der Waals surface area contributed by atoms with Crippen molar-refractivity contribution in [1.29, 1.82) is 0 Å². The number of pyridine rings is 1. The highest BCUT2D eigenvalue weighted by molar-refractivity contribution is 6.00. The molecule has 0 fully saturated rings. The molecule has 3 amide bonds. The van der Waals surface area contributed by atoms with E-state index in [4.69, 9.17) is 27.1 Å². The molecule has 0 aliphatic rings. The van der Waals surface area contributed by atoms with E-state index in [1.807, 2.05) is 54.6 Å². The first-order valence-electron chi connectivity index (χ1n) is 12.4. The van der Waals surface area contributed by atoms with Gasteiger partial charge in [-0.05, 0) is 30.5 Å². The second kappa shape index (κ2) is 15.5. The minimum Gasteiger partial charge on any atom is -0.475 e. The van der Waals surface area contributed by atoms with Crippen LogP contribution < -0.4 is 27.8 Å². The average Bonchev–Trinajstić information content (AvgIpc) is 2.94. The summed E-state index contributed by atoms with van der Waals surface area (Å²) in [6.45, 7) is 0.281. The van der Waals surface area contributed by atoms with Gasteiger partial charge in [-0.2, -0.15) is 13.2 Å². The number of guanidine groups is 1. The lowest BCUT2D eigenvalue weighted by molar-refractivity contribution is -0.192. The van der Waals surface area contributed by atoms with Gasteiger partial charge in [0.25, 0.3) is 5.91 Å². The highest BCUT2D eigenvalue weighted by atomic mass is 19.4. The Morgan fingerprint density at radius 2 is 1.55 bits per heavy atom. The van der Waals surface area contributed by atoms with Crippen molar-refractivity contribution in [3.63, 3.8) is 0 Å². The zero-order valence-corrected chi connectivity index (χ0v) is 22.2. The molecule has 12 nitrogen and oxygen atoms in total. The van der Waals surface area contributed by atoms with E-state index in [-0.39, 0.29) is 25.3 Å². The number of rotatable bonds is 11. The van der Waals surface area contributed by atoms with Gasteiger partial charge in [-0.25, -0.2) is 4.79 Å². The first-order valence-corrected chi connectivity index (χ1v) is 12.4. The molecule has 0 radical (unpaired) electrons. The molecule has 0 aliphatic carbocycles. The van der Waals surface area contributed by atoms with Crippen LogP contribution in [-0.4, -0.2) is 64.5 Å². The largest absolute Gasteiger partial charge is 0.490 e. The van der Waals surface area contributed by atoms with Gasteiger partial charge >= 0.3 is 12.1 Å². The number of carbonyl (C=O) groups is 4. The van der Waals surface area contributed by atoms with Crippen LogP contribution in [0, 0.1) is 0 Å². The number of amides is 3. The van der Waals surface area contributed by atoms with Gasteiger partial charge in [0, 0.05) is 24.5 Å². The highest BCUT2D eigenvalue weighted by Gasteiger charge is 2.38. The van der Waals surface area contributed by atoms with Crippen molar-refractivity contribution in [2.75, 3.05) is 6.54 Å². The number of benzene rings is 2. The summed E-state index contributed by atoms with van der Waals surface area (Å²) in [7, 11) is 0. The molecule has 0 spiro atoms. The number of halogens is 3. The SMILES string of the molecule is NC(=O)[C@H](Cc1ccccc1)NC(=O)[C@H](CCCN=C(N)N)NC(=O)c1cnc2ccccc2c1.O=C(O)C(F)(F)F. The molecule has 0 saturated heterocycles. The van der Waals surface area contributed by atoms with Crippen LogP contribution in [-0.2, 0) is 20.8 Å². The number of nitrogens with one attached hydrogen (secondary N) is 2. The summed E-state index contributed by atoms with van der Waals surface area (Å²) in [5.41, 5.74) is 18.2. The van der Waals surface area contributed by atoms with Crippen LogP contribution in [0.15, 0.2) is 71.9 Å². The Morgan fingerprint density at radius 1 is 0.929 bits per heavy atom. The number of aromatic nitrogens is 1. The number of nitrogens with zero attached hydrogens (tertiary/aromatic N) is 2. The fraction of sp³-hybridized carbons (Fsp3) is 0.259. The Hall–Kier alpha value is -5.21. The molecule has 2 aromatic carbocycles. The van der Waals surface area contributed by atoms with Crippen molar-refractivity contribution in [3.05, 3.63) is 78.0 Å². The second-order valence-corrected chi connectivity index (χ2v) is 8.85. The summed E-state index contributed by atoms with van der Waals surface area (Å²) < 4.78 is 31.7. The zero-order chi connectivity index (χ0) is 31.3. The molecule has 1 heterocycles. The van der Waals surface area contributed by atoms with Crippen LogP contribution in [0.1, 0.15) is 28.8 Å². The second-order valence-electron chi connectivity index (χ2n) is 8.85. The number of fused-ring (bicyclic) bond motifs is 1. The number of para-hydroxylation sites is 1. The standard InChI is InChI=1S/C25H29N7O3.C2HF3O2/c26-22(33)21(13-16-7-2-1-3-8-16)32-24(35)20(11-6-12-29-25(27)28)31-23(34)18-14-17-9-4-5-10-19(17)30-15-18;3-2(4,5)1(6)7/h1-5,7-10,14-15,20-21H,6,11-13H2,(H2,26,33)(H,31,34)(H,32,35)(H4,27,28,29);(H,6,7)/t20-,21-;/m0./s1. The molecule has 224 valence electrons. The summed E-state index contributed by atoms with van der Waals surface area (Å²) in [5.74, 6) is -4.49. The Bertz CT molecular complexity index is 1410. The zero-order valence-electron chi connectivity index (χ0n) is 22.2. The maximum atomic E-state index is 13.1. The third-order valence-electron chi connectivity index (χ3n) is 5.60. The van der Waals surface area contributed by atoms with Gasteiger partial charge in [0.15, 0.2) is 5.96 Å². The average molecular weight is 590 g/mol. The van der Waals surface area contributed by atoms with Crippen LogP contribution in [0.3, 0.4) is 0 Å². The van der Waals surface area contributed by atoms with E-state index < -0.39 is 42.0 Å². The number of hydrogen-bond donors (Lipinski definition) is 6. The van der Waals surface area contributed by atoms with E-state index in [2.05, 4.69) is 20.6 Å². The van der Waals surface area contributed by atoms with Gasteiger partial charge in [-0.15, -0.1) is 0 Å². The van der Waals surface area contributed by atoms with Crippen LogP contribution in [0.25, 0.3) is 10.9 Å². The van der Waals surface area contributed by atoms with Gasteiger partial charge in [0.1, 0.15) is 12.1 Å². The van der Waals surface area contributed by atoms with Gasteiger partial charge in [-0.3, -0.25) is 24.4 Å². The Morgan fingerprint density at radius 3 is 2.14 bits per heavy atom. The van der Waals surface area contributed by atoms with Crippen LogP contribution in [0.4, 0.5) is 13.2 Å². The first kappa shape index (κ1) is 33.0. The lowest BCUT2D eigenvalue weighted by Gasteiger charge is -2.22. The molecule has 15 heteroatoms. The molecule has 3 rings (SSSR count). The molecule has 42 heavy (non-hydrogen) atoms. The molecule has 2 atom stereocenters. The molecule has 3 aromatic rings. The third-order valence-corrected chi connectivity index (χ3v) is 5.60. The molecule has 0 unspecified atom stereocenters. The van der Waals surface area contributed by atoms with E-state index in [1.54, 1.807) is 6.07 Å². The van der Waals surface area contributed by atoms with Crippen molar-refractivity contribution in [3.8, 4) is 0 Å². The van der Waals surface area contributed by atoms with Crippen molar-refractivity contribution < 1.29 is 37.5 Å². The fourth-order valence-electron chi connectivity index (χ4n) is 3.55. The summed E-state index contributed by atoms with van der Waals surface area (Å²) >= 11 is 0. The predicted molar refractivity (Wildman–Crippen MR) is 148 cm³/mol. The number of aliphatic imine (C=N–C) groups is 1. The van der Waals surface area contributed by atoms with Crippen molar-refractivity contribution in [2.24, 2.45) is 22.2 Å². The summed E-state index contributed by atoms with van der Waals surface area (Å²) in [6, 6.07) is 16.4. The number of nitrogens with two attached hydrogens (primary N) is 3. The quantitative estimate of drug-likeness (QED) is 0.108. The summed E-state index contributed by atoms with van der Waals surface area (Å²) in [4.78, 5) is 55.2. The summed E-state index contributed by atoms with van der Waals surface area (Å²) in [6.07, 6.45) is -2.74. The Balaban J connectivity index is 0.000000782. The number of carbonyl (C=O) groups excluding carboxylic acids is 3. The van der Waals surface area contributed by atoms with E-state index in [1.165, 1.54) is 6.20 Å². The van der Waals surface area contributed by atoms with E-state index in [0.29, 0.717) is 12.0 Å². The minimum atomic E-state index is -5.08. The van der Waals surface area contributed by atoms with Crippen LogP contribution in [0.5, 0.6) is 0 Å². The number of carboxylic acid groups (broad SMARTS) is 1. The summed E-state index contributed by atoms with van der Waals surface area (Å²) in [5, 5.41) is 13.3. The van der Waals surface area contributed by atoms with Crippen molar-refractivity contribution >= 4 is 40.6 Å². The lowest BCUT2D eigenvalue weighted by Crippen LogP contribution is -2.53. The molecular weight excluding hydrogens is 559 g/mol. The molecule has 1 aromatic heterocycles. The molecular formula is C27H30F3N7O5. The minimum absolute atomic E-state index is 0.0612. The Labute approximate surface area is 238 Å². The van der Waals surface area contributed by atoms with Crippen molar-refractivity contribution in [1.82, 2.24) is 15.6 Å². The molecule has 0 bridgehead atoms. The lowest BCUT2D eigenvalue weighted by atomic mass is 10.0. The predicted octanol–water partition coefficient (Wildman–Crippen LogP) is 1.23. The van der Waals surface area contributed by atoms with Crippen molar-refractivity contribution in [2.45, 2.75) is 37.5 Å². The smallest absolute Gasteiger partial charge is 0.475 e.